The predicted molar refractivity (Wildman–Crippen MR) is 99.1 cm³/mol. The molecule has 3 rings (SSSR count). The summed E-state index contributed by atoms with van der Waals surface area (Å²) < 4.78 is 27.2. The van der Waals surface area contributed by atoms with Crippen molar-refractivity contribution < 1.29 is 8.42 Å². The Hall–Kier alpha value is -1.96. The largest absolute Gasteiger partial charge is 0.304 e. The number of aromatic nitrogens is 1. The number of pyridine rings is 1. The number of rotatable bonds is 6. The summed E-state index contributed by atoms with van der Waals surface area (Å²) in [5.74, 6) is 0. The highest BCUT2D eigenvalue weighted by atomic mass is 32.2. The molecule has 0 amide bonds. The molecular formula is C18H24N4O2S. The van der Waals surface area contributed by atoms with E-state index in [4.69, 9.17) is 0 Å². The van der Waals surface area contributed by atoms with E-state index in [1.54, 1.807) is 12.3 Å². The monoisotopic (exact) mass is 360 g/mol. The van der Waals surface area contributed by atoms with Crippen LogP contribution in [0.25, 0.3) is 0 Å². The number of anilines is 1. The van der Waals surface area contributed by atoms with Crippen molar-refractivity contribution >= 4 is 15.7 Å². The number of hydrogen-bond acceptors (Lipinski definition) is 5. The lowest BCUT2D eigenvalue weighted by Crippen LogP contribution is -2.45. The van der Waals surface area contributed by atoms with Crippen LogP contribution in [0.1, 0.15) is 5.56 Å². The fourth-order valence-electron chi connectivity index (χ4n) is 2.82. The van der Waals surface area contributed by atoms with Gasteiger partial charge in [-0.25, -0.2) is 8.42 Å². The third-order valence-electron chi connectivity index (χ3n) is 4.46. The molecule has 0 unspecified atom stereocenters. The summed E-state index contributed by atoms with van der Waals surface area (Å²) in [5, 5.41) is 0. The second-order valence-corrected chi connectivity index (χ2v) is 8.07. The summed E-state index contributed by atoms with van der Waals surface area (Å²) in [4.78, 5) is 8.83. The van der Waals surface area contributed by atoms with Gasteiger partial charge in [-0.2, -0.15) is 0 Å². The Kier molecular flexibility index (Phi) is 5.67. The highest BCUT2D eigenvalue weighted by Crippen LogP contribution is 2.16. The smallest absolute Gasteiger partial charge is 0.263 e. The molecule has 25 heavy (non-hydrogen) atoms. The van der Waals surface area contributed by atoms with Crippen molar-refractivity contribution in [3.8, 4) is 0 Å². The van der Waals surface area contributed by atoms with Crippen molar-refractivity contribution in [2.45, 2.75) is 11.3 Å². The summed E-state index contributed by atoms with van der Waals surface area (Å²) >= 11 is 0. The topological polar surface area (TPSA) is 65.5 Å². The first-order valence-electron chi connectivity index (χ1n) is 8.46. The zero-order chi connectivity index (χ0) is 17.7. The van der Waals surface area contributed by atoms with Crippen LogP contribution in [0.5, 0.6) is 0 Å². The zero-order valence-corrected chi connectivity index (χ0v) is 15.2. The molecule has 1 aliphatic rings. The van der Waals surface area contributed by atoms with Crippen molar-refractivity contribution in [2.75, 3.05) is 44.5 Å². The van der Waals surface area contributed by atoms with E-state index in [0.29, 0.717) is 5.69 Å². The number of nitrogens with one attached hydrogen (secondary N) is 1. The van der Waals surface area contributed by atoms with Gasteiger partial charge in [0.15, 0.2) is 0 Å². The lowest BCUT2D eigenvalue weighted by Gasteiger charge is -2.32. The quantitative estimate of drug-likeness (QED) is 0.849. The van der Waals surface area contributed by atoms with Crippen LogP contribution in [0.3, 0.4) is 0 Å². The highest BCUT2D eigenvalue weighted by molar-refractivity contribution is 7.92. The first-order chi connectivity index (χ1) is 12.0. The molecule has 0 bridgehead atoms. The van der Waals surface area contributed by atoms with Crippen LogP contribution in [0.15, 0.2) is 53.7 Å². The molecule has 1 saturated heterocycles. The molecule has 0 atom stereocenters. The van der Waals surface area contributed by atoms with Gasteiger partial charge < -0.3 is 9.80 Å². The van der Waals surface area contributed by atoms with Crippen molar-refractivity contribution in [3.63, 3.8) is 0 Å². The van der Waals surface area contributed by atoms with Crippen LogP contribution < -0.4 is 4.72 Å². The van der Waals surface area contributed by atoms with E-state index >= 15 is 0 Å². The molecule has 0 saturated carbocycles. The van der Waals surface area contributed by atoms with Crippen LogP contribution in [0, 0.1) is 0 Å². The maximum Gasteiger partial charge on any atom is 0.263 e. The van der Waals surface area contributed by atoms with E-state index < -0.39 is 10.0 Å². The van der Waals surface area contributed by atoms with Crippen LogP contribution in [0.4, 0.5) is 5.69 Å². The maximum absolute atomic E-state index is 12.3. The lowest BCUT2D eigenvalue weighted by molar-refractivity contribution is 0.155. The first kappa shape index (κ1) is 17.8. The van der Waals surface area contributed by atoms with Gasteiger partial charge in [-0.3, -0.25) is 9.71 Å². The Balaban J connectivity index is 1.55. The molecule has 1 aromatic heterocycles. The van der Waals surface area contributed by atoms with E-state index in [9.17, 15) is 8.42 Å². The maximum atomic E-state index is 12.3. The van der Waals surface area contributed by atoms with E-state index in [1.165, 1.54) is 17.8 Å². The Labute approximate surface area is 149 Å². The minimum atomic E-state index is -3.59. The number of benzene rings is 1. The number of sulfonamides is 1. The van der Waals surface area contributed by atoms with Gasteiger partial charge in [0, 0.05) is 50.8 Å². The summed E-state index contributed by atoms with van der Waals surface area (Å²) in [6, 6.07) is 10.7. The molecule has 1 N–H and O–H groups in total. The number of hydrogen-bond donors (Lipinski definition) is 1. The summed E-state index contributed by atoms with van der Waals surface area (Å²) in [5.41, 5.74) is 1.77. The number of nitrogens with zero attached hydrogens (tertiary/aromatic N) is 3. The van der Waals surface area contributed by atoms with Gasteiger partial charge in [0.25, 0.3) is 10.0 Å². The Bertz CT molecular complexity index is 770. The van der Waals surface area contributed by atoms with Gasteiger partial charge in [0.1, 0.15) is 4.90 Å². The second kappa shape index (κ2) is 7.95. The van der Waals surface area contributed by atoms with Gasteiger partial charge in [-0.15, -0.1) is 0 Å². The molecule has 2 aromatic rings. The van der Waals surface area contributed by atoms with Crippen LogP contribution in [-0.4, -0.2) is 63.0 Å². The van der Waals surface area contributed by atoms with E-state index in [0.717, 1.165) is 39.1 Å². The molecule has 1 fully saturated rings. The van der Waals surface area contributed by atoms with Gasteiger partial charge >= 0.3 is 0 Å². The van der Waals surface area contributed by atoms with Crippen LogP contribution in [0.2, 0.25) is 0 Å². The van der Waals surface area contributed by atoms with Crippen molar-refractivity contribution in [1.29, 1.82) is 0 Å². The molecule has 0 radical (unpaired) electrons. The van der Waals surface area contributed by atoms with E-state index in [2.05, 4.69) is 26.6 Å². The Morgan fingerprint density at radius 1 is 1.08 bits per heavy atom. The molecular weight excluding hydrogens is 336 g/mol. The summed E-state index contributed by atoms with van der Waals surface area (Å²) in [6.45, 7) is 5.50. The van der Waals surface area contributed by atoms with Gasteiger partial charge in [0.05, 0.1) is 0 Å². The molecule has 0 aliphatic carbocycles. The highest BCUT2D eigenvalue weighted by Gasteiger charge is 2.15. The average molecular weight is 360 g/mol. The molecule has 1 aliphatic heterocycles. The standard InChI is InChI=1S/C18H24N4O2S/c1-21-11-13-22(14-12-21)10-8-16-4-6-17(7-5-16)20-25(23,24)18-3-2-9-19-15-18/h2-7,9,15,20H,8,10-14H2,1H3. The van der Waals surface area contributed by atoms with Gasteiger partial charge in [-0.1, -0.05) is 12.1 Å². The average Bonchev–Trinajstić information content (AvgIpc) is 2.63. The lowest BCUT2D eigenvalue weighted by atomic mass is 10.1. The van der Waals surface area contributed by atoms with Crippen LogP contribution in [-0.2, 0) is 16.4 Å². The third-order valence-corrected chi connectivity index (χ3v) is 5.83. The minimum absolute atomic E-state index is 0.161. The Morgan fingerprint density at radius 3 is 2.44 bits per heavy atom. The molecule has 6 nitrogen and oxygen atoms in total. The summed E-state index contributed by atoms with van der Waals surface area (Å²) in [6.07, 6.45) is 3.86. The van der Waals surface area contributed by atoms with Crippen molar-refractivity contribution in [3.05, 3.63) is 54.4 Å². The minimum Gasteiger partial charge on any atom is -0.304 e. The molecule has 1 aromatic carbocycles. The first-order valence-corrected chi connectivity index (χ1v) is 9.94. The second-order valence-electron chi connectivity index (χ2n) is 6.39. The normalized spacial score (nSPS) is 16.7. The fraction of sp³-hybridized carbons (Fsp3) is 0.389. The van der Waals surface area contributed by atoms with E-state index in [-0.39, 0.29) is 4.90 Å². The fourth-order valence-corrected chi connectivity index (χ4v) is 3.84. The van der Waals surface area contributed by atoms with Crippen molar-refractivity contribution in [2.24, 2.45) is 0 Å². The number of likely N-dealkylation sites (N-methyl/N-ethyl adjacent to an activating group) is 1. The van der Waals surface area contributed by atoms with Crippen molar-refractivity contribution in [1.82, 2.24) is 14.8 Å². The van der Waals surface area contributed by atoms with E-state index in [1.807, 2.05) is 24.3 Å². The Morgan fingerprint density at radius 2 is 1.80 bits per heavy atom. The predicted octanol–water partition coefficient (Wildman–Crippen LogP) is 1.67. The molecule has 134 valence electrons. The van der Waals surface area contributed by atoms with Crippen LogP contribution >= 0.6 is 0 Å². The SMILES string of the molecule is CN1CCN(CCc2ccc(NS(=O)(=O)c3cccnc3)cc2)CC1. The zero-order valence-electron chi connectivity index (χ0n) is 14.4. The molecule has 7 heteroatoms. The van der Waals surface area contributed by atoms with Gasteiger partial charge in [-0.05, 0) is 43.3 Å². The molecule has 0 spiro atoms. The number of piperazine rings is 1. The molecule has 2 heterocycles. The summed E-state index contributed by atoms with van der Waals surface area (Å²) in [7, 11) is -1.43. The van der Waals surface area contributed by atoms with Gasteiger partial charge in [0.2, 0.25) is 0 Å². The third kappa shape index (κ3) is 5.01.